The lowest BCUT2D eigenvalue weighted by Crippen LogP contribution is -2.27. The Morgan fingerprint density at radius 2 is 1.84 bits per heavy atom. The summed E-state index contributed by atoms with van der Waals surface area (Å²) in [5.74, 6) is -2.58. The number of halogens is 1. The average Bonchev–Trinajstić information content (AvgIpc) is 2.92. The van der Waals surface area contributed by atoms with Crippen LogP contribution in [0.4, 0.5) is 4.39 Å². The van der Waals surface area contributed by atoms with E-state index in [2.05, 4.69) is 11.1 Å². The highest BCUT2D eigenvalue weighted by Crippen LogP contribution is 2.42. The van der Waals surface area contributed by atoms with Crippen molar-refractivity contribution in [3.8, 4) is 23.4 Å². The summed E-state index contributed by atoms with van der Waals surface area (Å²) in [5.41, 5.74) is 7.93. The molecule has 1 aliphatic rings. The van der Waals surface area contributed by atoms with Crippen LogP contribution in [0.25, 0.3) is 11.3 Å². The lowest BCUT2D eigenvalue weighted by Gasteiger charge is -2.28. The van der Waals surface area contributed by atoms with Crippen LogP contribution in [0.15, 0.2) is 94.5 Å². The van der Waals surface area contributed by atoms with Gasteiger partial charge in [0, 0.05) is 11.1 Å². The SMILES string of the molecule is CCOC(=O)C1=C(CSc2nc(-c3ccccc3)ccc2C#N)OC(N)=C(C#N)C1c1ccccc1F. The molecular weight excluding hydrogens is 491 g/mol. The number of hydrogen-bond donors (Lipinski definition) is 1. The molecule has 9 heteroatoms. The summed E-state index contributed by atoms with van der Waals surface area (Å²) in [5, 5.41) is 19.8. The van der Waals surface area contributed by atoms with Gasteiger partial charge in [-0.25, -0.2) is 14.2 Å². The van der Waals surface area contributed by atoms with Gasteiger partial charge in [-0.3, -0.25) is 0 Å². The first-order valence-corrected chi connectivity index (χ1v) is 12.3. The predicted molar refractivity (Wildman–Crippen MR) is 136 cm³/mol. The molecule has 1 atom stereocenters. The maximum Gasteiger partial charge on any atom is 0.338 e. The van der Waals surface area contributed by atoms with Gasteiger partial charge in [0.15, 0.2) is 0 Å². The summed E-state index contributed by atoms with van der Waals surface area (Å²) in [6.07, 6.45) is 0. The molecule has 0 aliphatic carbocycles. The minimum absolute atomic E-state index is 0.0251. The quantitative estimate of drug-likeness (QED) is 0.340. The van der Waals surface area contributed by atoms with E-state index in [-0.39, 0.29) is 40.7 Å². The van der Waals surface area contributed by atoms with Gasteiger partial charge in [0.25, 0.3) is 0 Å². The molecule has 1 aromatic heterocycles. The normalized spacial score (nSPS) is 15.0. The van der Waals surface area contributed by atoms with Gasteiger partial charge in [-0.15, -0.1) is 0 Å². The Morgan fingerprint density at radius 3 is 2.51 bits per heavy atom. The van der Waals surface area contributed by atoms with Crippen molar-refractivity contribution < 1.29 is 18.7 Å². The Labute approximate surface area is 217 Å². The molecule has 184 valence electrons. The molecule has 0 radical (unpaired) electrons. The predicted octanol–water partition coefficient (Wildman–Crippen LogP) is 5.18. The zero-order chi connectivity index (χ0) is 26.4. The van der Waals surface area contributed by atoms with Crippen LogP contribution < -0.4 is 5.73 Å². The molecule has 0 spiro atoms. The lowest BCUT2D eigenvalue weighted by atomic mass is 9.83. The van der Waals surface area contributed by atoms with E-state index in [0.29, 0.717) is 16.3 Å². The molecule has 37 heavy (non-hydrogen) atoms. The minimum atomic E-state index is -1.12. The Bertz CT molecular complexity index is 1490. The Morgan fingerprint density at radius 1 is 1.11 bits per heavy atom. The van der Waals surface area contributed by atoms with Crippen molar-refractivity contribution >= 4 is 17.7 Å². The van der Waals surface area contributed by atoms with Crippen molar-refractivity contribution in [1.82, 2.24) is 4.98 Å². The minimum Gasteiger partial charge on any atom is -0.463 e. The molecule has 0 fully saturated rings. The number of nitrogens with zero attached hydrogens (tertiary/aromatic N) is 3. The van der Waals surface area contributed by atoms with Crippen molar-refractivity contribution in [2.24, 2.45) is 5.73 Å². The van der Waals surface area contributed by atoms with Gasteiger partial charge in [0.2, 0.25) is 5.88 Å². The lowest BCUT2D eigenvalue weighted by molar-refractivity contribution is -0.139. The third-order valence-electron chi connectivity index (χ3n) is 5.60. The highest BCUT2D eigenvalue weighted by atomic mass is 32.2. The van der Waals surface area contributed by atoms with Gasteiger partial charge in [0.1, 0.15) is 34.3 Å². The van der Waals surface area contributed by atoms with Gasteiger partial charge >= 0.3 is 5.97 Å². The van der Waals surface area contributed by atoms with E-state index in [9.17, 15) is 19.7 Å². The Hall–Kier alpha value is -4.60. The van der Waals surface area contributed by atoms with E-state index >= 15 is 0 Å². The Balaban J connectivity index is 1.78. The Kier molecular flexibility index (Phi) is 7.87. The molecule has 1 unspecified atom stereocenters. The fraction of sp³-hybridized carbons (Fsp3) is 0.143. The second kappa shape index (κ2) is 11.4. The monoisotopic (exact) mass is 512 g/mol. The molecular formula is C28H21FN4O3S. The molecule has 2 heterocycles. The fourth-order valence-electron chi connectivity index (χ4n) is 3.92. The topological polar surface area (TPSA) is 122 Å². The average molecular weight is 513 g/mol. The number of rotatable bonds is 7. The van der Waals surface area contributed by atoms with Crippen LogP contribution >= 0.6 is 11.8 Å². The van der Waals surface area contributed by atoms with E-state index in [1.807, 2.05) is 36.4 Å². The number of carbonyl (C=O) groups excluding carboxylic acids is 1. The van der Waals surface area contributed by atoms with E-state index in [1.165, 1.54) is 18.2 Å². The van der Waals surface area contributed by atoms with E-state index < -0.39 is 17.7 Å². The van der Waals surface area contributed by atoms with Crippen LogP contribution in [-0.4, -0.2) is 23.3 Å². The zero-order valence-electron chi connectivity index (χ0n) is 19.8. The van der Waals surface area contributed by atoms with E-state index in [4.69, 9.17) is 15.2 Å². The van der Waals surface area contributed by atoms with Crippen molar-refractivity contribution in [2.45, 2.75) is 17.9 Å². The number of nitriles is 2. The van der Waals surface area contributed by atoms with E-state index in [0.717, 1.165) is 17.3 Å². The van der Waals surface area contributed by atoms with Gasteiger partial charge in [-0.05, 0) is 25.1 Å². The number of allylic oxidation sites excluding steroid dienone is 1. The van der Waals surface area contributed by atoms with Crippen LogP contribution in [0.1, 0.15) is 24.0 Å². The van der Waals surface area contributed by atoms with Crippen LogP contribution in [0, 0.1) is 28.5 Å². The number of nitrogens with two attached hydrogens (primary N) is 1. The van der Waals surface area contributed by atoms with Gasteiger partial charge in [-0.1, -0.05) is 60.3 Å². The maximum atomic E-state index is 14.9. The highest BCUT2D eigenvalue weighted by Gasteiger charge is 2.39. The number of thioether (sulfide) groups is 1. The molecule has 0 saturated carbocycles. The molecule has 1 aliphatic heterocycles. The number of benzene rings is 2. The van der Waals surface area contributed by atoms with Crippen molar-refractivity contribution in [1.29, 1.82) is 10.5 Å². The molecule has 2 aromatic carbocycles. The van der Waals surface area contributed by atoms with Crippen LogP contribution in [0.3, 0.4) is 0 Å². The maximum absolute atomic E-state index is 14.9. The zero-order valence-corrected chi connectivity index (χ0v) is 20.6. The summed E-state index contributed by atoms with van der Waals surface area (Å²) in [4.78, 5) is 17.7. The van der Waals surface area contributed by atoms with Crippen LogP contribution in [0.5, 0.6) is 0 Å². The molecule has 7 nitrogen and oxygen atoms in total. The summed E-state index contributed by atoms with van der Waals surface area (Å²) < 4.78 is 25.9. The smallest absolute Gasteiger partial charge is 0.338 e. The number of aromatic nitrogens is 1. The van der Waals surface area contributed by atoms with Crippen molar-refractivity contribution in [3.63, 3.8) is 0 Å². The number of esters is 1. The molecule has 2 N–H and O–H groups in total. The molecule has 4 rings (SSSR count). The second-order valence-electron chi connectivity index (χ2n) is 7.82. The standard InChI is InChI=1S/C28H21FN4O3S/c1-2-35-28(34)25-23(36-26(32)20(15-31)24(25)19-10-6-7-11-21(19)29)16-37-27-18(14-30)12-13-22(33-27)17-8-4-3-5-9-17/h3-13,24H,2,16,32H2,1H3. The number of pyridine rings is 1. The third kappa shape index (κ3) is 5.32. The highest BCUT2D eigenvalue weighted by molar-refractivity contribution is 7.99. The molecule has 0 amide bonds. The largest absolute Gasteiger partial charge is 0.463 e. The molecule has 0 bridgehead atoms. The summed E-state index contributed by atoms with van der Waals surface area (Å²) in [7, 11) is 0. The number of ether oxygens (including phenoxy) is 2. The van der Waals surface area contributed by atoms with E-state index in [1.54, 1.807) is 25.1 Å². The first kappa shape index (κ1) is 25.5. The first-order valence-electron chi connectivity index (χ1n) is 11.3. The number of hydrogen-bond acceptors (Lipinski definition) is 8. The molecule has 0 saturated heterocycles. The van der Waals surface area contributed by atoms with Gasteiger partial charge in [-0.2, -0.15) is 10.5 Å². The van der Waals surface area contributed by atoms with Crippen molar-refractivity contribution in [3.05, 3.63) is 106 Å². The van der Waals surface area contributed by atoms with Crippen molar-refractivity contribution in [2.75, 3.05) is 12.4 Å². The summed E-state index contributed by atoms with van der Waals surface area (Å²) >= 11 is 1.16. The van der Waals surface area contributed by atoms with Gasteiger partial charge < -0.3 is 15.2 Å². The van der Waals surface area contributed by atoms with Gasteiger partial charge in [0.05, 0.1) is 35.1 Å². The molecule has 3 aromatic rings. The summed E-state index contributed by atoms with van der Waals surface area (Å²) in [6, 6.07) is 22.8. The first-order chi connectivity index (χ1) is 18.0. The van der Waals surface area contributed by atoms with Crippen LogP contribution in [-0.2, 0) is 14.3 Å². The number of carbonyl (C=O) groups is 1. The third-order valence-corrected chi connectivity index (χ3v) is 6.59. The van der Waals surface area contributed by atoms with Crippen LogP contribution in [0.2, 0.25) is 0 Å². The fourth-order valence-corrected chi connectivity index (χ4v) is 4.83. The summed E-state index contributed by atoms with van der Waals surface area (Å²) in [6.45, 7) is 1.70. The second-order valence-corrected chi connectivity index (χ2v) is 8.78.